The molecule has 7 unspecified atom stereocenters. The number of hydrogen-bond donors (Lipinski definition) is 2. The lowest BCUT2D eigenvalue weighted by atomic mass is 9.65. The molecule has 1 aliphatic heterocycles. The summed E-state index contributed by atoms with van der Waals surface area (Å²) < 4.78 is 0. The molecule has 3 nitrogen and oxygen atoms in total. The van der Waals surface area contributed by atoms with E-state index in [9.17, 15) is 0 Å². The maximum Gasteiger partial charge on any atom is 0.0978 e. The third kappa shape index (κ3) is 5.25. The largest absolute Gasteiger partial charge is 0.280 e. The molecule has 5 aliphatic carbocycles. The average molecular weight is 608 g/mol. The van der Waals surface area contributed by atoms with Gasteiger partial charge in [0.15, 0.2) is 0 Å². The summed E-state index contributed by atoms with van der Waals surface area (Å²) in [6, 6.07) is 31.8. The molecule has 3 heteroatoms. The van der Waals surface area contributed by atoms with Gasteiger partial charge in [0.1, 0.15) is 0 Å². The van der Waals surface area contributed by atoms with Crippen LogP contribution in [-0.4, -0.2) is 17.7 Å². The molecule has 0 aromatic heterocycles. The maximum absolute atomic E-state index is 4.21. The molecule has 1 saturated carbocycles. The van der Waals surface area contributed by atoms with Gasteiger partial charge in [-0.15, -0.1) is 0 Å². The van der Waals surface area contributed by atoms with E-state index in [-0.39, 0.29) is 6.17 Å². The van der Waals surface area contributed by atoms with Crippen molar-refractivity contribution in [1.29, 1.82) is 0 Å². The van der Waals surface area contributed by atoms with Crippen LogP contribution in [0.15, 0.2) is 109 Å². The van der Waals surface area contributed by atoms with Crippen LogP contribution in [0.2, 0.25) is 0 Å². The lowest BCUT2D eigenvalue weighted by Crippen LogP contribution is -2.50. The molecule has 236 valence electrons. The molecule has 1 heterocycles. The molecular formula is C43H49N3. The summed E-state index contributed by atoms with van der Waals surface area (Å²) in [5.41, 5.74) is 14.9. The molecule has 0 bridgehead atoms. The van der Waals surface area contributed by atoms with Crippen molar-refractivity contribution in [2.75, 3.05) is 6.54 Å². The van der Waals surface area contributed by atoms with Crippen molar-refractivity contribution in [3.8, 4) is 0 Å². The van der Waals surface area contributed by atoms with E-state index in [0.717, 1.165) is 18.4 Å². The van der Waals surface area contributed by atoms with Crippen LogP contribution >= 0.6 is 0 Å². The Balaban J connectivity index is 1.02. The topological polar surface area (TPSA) is 27.3 Å². The van der Waals surface area contributed by atoms with Gasteiger partial charge in [0, 0.05) is 6.54 Å². The zero-order valence-corrected chi connectivity index (χ0v) is 27.2. The minimum atomic E-state index is 0.162. The van der Waals surface area contributed by atoms with E-state index in [2.05, 4.69) is 119 Å². The molecule has 0 spiro atoms. The Bertz CT molecular complexity index is 1640. The van der Waals surface area contributed by atoms with Crippen LogP contribution in [0.1, 0.15) is 98.5 Å². The van der Waals surface area contributed by atoms with E-state index < -0.39 is 0 Å². The Morgan fingerprint density at radius 2 is 1.43 bits per heavy atom. The van der Waals surface area contributed by atoms with E-state index >= 15 is 0 Å². The lowest BCUT2D eigenvalue weighted by Gasteiger charge is -2.44. The zero-order chi connectivity index (χ0) is 30.5. The minimum absolute atomic E-state index is 0.162. The van der Waals surface area contributed by atoms with Crippen LogP contribution in [0, 0.1) is 29.6 Å². The summed E-state index contributed by atoms with van der Waals surface area (Å²) in [4.78, 5) is 0. The van der Waals surface area contributed by atoms with Crippen molar-refractivity contribution in [3.63, 3.8) is 0 Å². The van der Waals surface area contributed by atoms with E-state index in [1.54, 1.807) is 22.3 Å². The monoisotopic (exact) mass is 607 g/mol. The zero-order valence-electron chi connectivity index (χ0n) is 27.2. The van der Waals surface area contributed by atoms with Crippen molar-refractivity contribution in [1.82, 2.24) is 15.8 Å². The van der Waals surface area contributed by atoms with E-state index in [4.69, 9.17) is 0 Å². The SMILES string of the molecule is C1=CCC(C2CC(c3ccccc3)CC(C3NC(c4ccccc4)NN3C[C@H]3CCC4=C5C(=CCCC53)c3ccccc34)C2)CC1. The van der Waals surface area contributed by atoms with Crippen LogP contribution in [0.3, 0.4) is 0 Å². The molecule has 3 aromatic rings. The highest BCUT2D eigenvalue weighted by Gasteiger charge is 2.46. The maximum atomic E-state index is 4.21. The molecule has 2 N–H and O–H groups in total. The van der Waals surface area contributed by atoms with Crippen molar-refractivity contribution in [2.24, 2.45) is 29.6 Å². The normalized spacial score (nSPS) is 33.9. The van der Waals surface area contributed by atoms with Crippen molar-refractivity contribution in [3.05, 3.63) is 131 Å². The Morgan fingerprint density at radius 1 is 0.674 bits per heavy atom. The first-order valence-electron chi connectivity index (χ1n) is 18.4. The number of nitrogens with zero attached hydrogens (tertiary/aromatic N) is 1. The first-order valence-corrected chi connectivity index (χ1v) is 18.4. The fourth-order valence-electron chi connectivity index (χ4n) is 10.6. The molecule has 0 radical (unpaired) electrons. The molecule has 1 saturated heterocycles. The Labute approximate surface area is 275 Å². The van der Waals surface area contributed by atoms with Gasteiger partial charge >= 0.3 is 0 Å². The second kappa shape index (κ2) is 12.4. The highest BCUT2D eigenvalue weighted by molar-refractivity contribution is 6.01. The summed E-state index contributed by atoms with van der Waals surface area (Å²) in [5, 5.41) is 6.92. The first-order chi connectivity index (χ1) is 22.8. The summed E-state index contributed by atoms with van der Waals surface area (Å²) >= 11 is 0. The second-order valence-corrected chi connectivity index (χ2v) is 15.2. The average Bonchev–Trinajstić information content (AvgIpc) is 3.71. The number of nitrogens with one attached hydrogen (secondary N) is 2. The fraction of sp³-hybridized carbons (Fsp3) is 0.442. The van der Waals surface area contributed by atoms with Gasteiger partial charge in [-0.2, -0.15) is 0 Å². The molecule has 9 rings (SSSR count). The molecule has 46 heavy (non-hydrogen) atoms. The number of fused-ring (bicyclic) bond motifs is 3. The van der Waals surface area contributed by atoms with Crippen molar-refractivity contribution < 1.29 is 0 Å². The van der Waals surface area contributed by atoms with Crippen LogP contribution in [-0.2, 0) is 0 Å². The fourth-order valence-corrected chi connectivity index (χ4v) is 10.6. The quantitative estimate of drug-likeness (QED) is 0.273. The first kappa shape index (κ1) is 28.9. The summed E-state index contributed by atoms with van der Waals surface area (Å²) in [7, 11) is 0. The van der Waals surface area contributed by atoms with E-state index in [1.807, 2.05) is 0 Å². The van der Waals surface area contributed by atoms with Crippen LogP contribution in [0.4, 0.5) is 0 Å². The van der Waals surface area contributed by atoms with Gasteiger partial charge in [0.25, 0.3) is 0 Å². The Morgan fingerprint density at radius 3 is 2.24 bits per heavy atom. The molecular weight excluding hydrogens is 558 g/mol. The van der Waals surface area contributed by atoms with Gasteiger partial charge in [-0.05, 0) is 139 Å². The number of benzene rings is 3. The Kier molecular flexibility index (Phi) is 7.81. The summed E-state index contributed by atoms with van der Waals surface area (Å²) in [6.07, 6.45) is 20.8. The third-order valence-electron chi connectivity index (χ3n) is 12.7. The molecule has 0 amide bonds. The van der Waals surface area contributed by atoms with Crippen molar-refractivity contribution >= 4 is 11.1 Å². The van der Waals surface area contributed by atoms with Crippen molar-refractivity contribution in [2.45, 2.75) is 82.5 Å². The smallest absolute Gasteiger partial charge is 0.0978 e. The number of hydrogen-bond acceptors (Lipinski definition) is 3. The molecule has 6 aliphatic rings. The van der Waals surface area contributed by atoms with Gasteiger partial charge in [0.2, 0.25) is 0 Å². The van der Waals surface area contributed by atoms with Gasteiger partial charge in [0.05, 0.1) is 12.3 Å². The predicted molar refractivity (Wildman–Crippen MR) is 189 cm³/mol. The molecule has 8 atom stereocenters. The van der Waals surface area contributed by atoms with Gasteiger partial charge in [-0.25, -0.2) is 10.4 Å². The highest BCUT2D eigenvalue weighted by Crippen LogP contribution is 2.56. The van der Waals surface area contributed by atoms with E-state index in [0.29, 0.717) is 29.8 Å². The van der Waals surface area contributed by atoms with E-state index in [1.165, 1.54) is 80.9 Å². The Hall–Kier alpha value is -3.24. The van der Waals surface area contributed by atoms with Crippen LogP contribution in [0.5, 0.6) is 0 Å². The summed E-state index contributed by atoms with van der Waals surface area (Å²) in [6.45, 7) is 1.12. The van der Waals surface area contributed by atoms with Gasteiger partial charge < -0.3 is 0 Å². The number of rotatable bonds is 6. The van der Waals surface area contributed by atoms with Crippen LogP contribution in [0.25, 0.3) is 11.1 Å². The second-order valence-electron chi connectivity index (χ2n) is 15.2. The standard InChI is InChI=1S/C43H49N3/c1-4-13-29(14-5-1)33-25-34(30-15-6-2-7-16-30)27-35(26-33)43-44-42(31-17-8-3-9-18-31)45-46(43)28-32-23-24-40-38-20-11-10-19-37(38)39-22-12-21-36(32)41(39)40/h1-6,8-11,13-14,17-20,22,30,32-36,42-45H,7,12,15-16,21,23-28H2/t30?,32-,33?,34?,35?,36?,42?,43?/m1/s1. The van der Waals surface area contributed by atoms with Crippen LogP contribution < -0.4 is 10.7 Å². The number of hydrazine groups is 1. The number of allylic oxidation sites excluding steroid dienone is 6. The highest BCUT2D eigenvalue weighted by atomic mass is 15.7. The van der Waals surface area contributed by atoms with Gasteiger partial charge in [-0.3, -0.25) is 5.32 Å². The molecule has 2 fully saturated rings. The third-order valence-corrected chi connectivity index (χ3v) is 12.7. The predicted octanol–water partition coefficient (Wildman–Crippen LogP) is 9.65. The van der Waals surface area contributed by atoms with Gasteiger partial charge in [-0.1, -0.05) is 103 Å². The minimum Gasteiger partial charge on any atom is -0.280 e. The molecule has 3 aromatic carbocycles. The lowest BCUT2D eigenvalue weighted by molar-refractivity contribution is 0.0495. The summed E-state index contributed by atoms with van der Waals surface area (Å²) in [5.74, 6) is 4.22.